The van der Waals surface area contributed by atoms with Crippen LogP contribution in [0.15, 0.2) is 36.4 Å². The van der Waals surface area contributed by atoms with Gasteiger partial charge < -0.3 is 14.2 Å². The molecule has 7 heteroatoms. The van der Waals surface area contributed by atoms with Crippen molar-refractivity contribution in [3.63, 3.8) is 0 Å². The van der Waals surface area contributed by atoms with Crippen LogP contribution in [0.5, 0.6) is 17.2 Å². The summed E-state index contributed by atoms with van der Waals surface area (Å²) in [6, 6.07) is 11.0. The lowest BCUT2D eigenvalue weighted by atomic mass is 9.82. The molecule has 2 amide bonds. The summed E-state index contributed by atoms with van der Waals surface area (Å²) in [6.45, 7) is 0. The fraction of sp³-hybridized carbons (Fsp3) is 0.333. The summed E-state index contributed by atoms with van der Waals surface area (Å²) in [4.78, 5) is 25.2. The summed E-state index contributed by atoms with van der Waals surface area (Å²) in [5.74, 6) is 0.137. The highest BCUT2D eigenvalue weighted by atomic mass is 16.5. The number of ether oxygens (including phenoxy) is 3. The fourth-order valence-corrected chi connectivity index (χ4v) is 3.52. The van der Waals surface area contributed by atoms with Gasteiger partial charge in [-0.1, -0.05) is 24.3 Å². The molecule has 0 saturated heterocycles. The van der Waals surface area contributed by atoms with Crippen molar-refractivity contribution in [2.24, 2.45) is 0 Å². The van der Waals surface area contributed by atoms with Gasteiger partial charge in [0.1, 0.15) is 0 Å². The minimum atomic E-state index is -0.475. The number of carbonyl (C=O) groups is 2. The summed E-state index contributed by atoms with van der Waals surface area (Å²) >= 11 is 0. The minimum absolute atomic E-state index is 0.229. The first kappa shape index (κ1) is 19.5. The van der Waals surface area contributed by atoms with Gasteiger partial charge in [0.15, 0.2) is 11.5 Å². The van der Waals surface area contributed by atoms with Crippen LogP contribution in [0.3, 0.4) is 0 Å². The first-order valence-corrected chi connectivity index (χ1v) is 9.07. The van der Waals surface area contributed by atoms with Gasteiger partial charge in [-0.25, -0.2) is 0 Å². The average molecular weight is 384 g/mol. The van der Waals surface area contributed by atoms with E-state index in [4.69, 9.17) is 14.2 Å². The quantitative estimate of drug-likeness (QED) is 0.774. The SMILES string of the molecule is COc1cc(C(=O)NNC(=O)C2CCCc3ccccc32)cc(OC)c1OC. The van der Waals surface area contributed by atoms with Gasteiger partial charge in [-0.3, -0.25) is 20.4 Å². The van der Waals surface area contributed by atoms with Crippen molar-refractivity contribution in [1.82, 2.24) is 10.9 Å². The van der Waals surface area contributed by atoms with Gasteiger partial charge in [0.2, 0.25) is 11.7 Å². The van der Waals surface area contributed by atoms with Crippen LogP contribution in [0.1, 0.15) is 40.2 Å². The molecule has 0 saturated carbocycles. The lowest BCUT2D eigenvalue weighted by Crippen LogP contribution is -2.44. The molecule has 0 fully saturated rings. The molecule has 3 rings (SSSR count). The second-order valence-electron chi connectivity index (χ2n) is 6.50. The standard InChI is InChI=1S/C21H24N2O5/c1-26-17-11-14(12-18(27-2)19(17)28-3)20(24)22-23-21(25)16-10-6-8-13-7-4-5-9-15(13)16/h4-5,7,9,11-12,16H,6,8,10H2,1-3H3,(H,22,24)(H,23,25). The first-order valence-electron chi connectivity index (χ1n) is 9.07. The number of nitrogens with one attached hydrogen (secondary N) is 2. The molecule has 0 aliphatic heterocycles. The van der Waals surface area contributed by atoms with E-state index in [-0.39, 0.29) is 17.4 Å². The van der Waals surface area contributed by atoms with Gasteiger partial charge in [0.25, 0.3) is 5.91 Å². The molecule has 0 aromatic heterocycles. The van der Waals surface area contributed by atoms with E-state index in [2.05, 4.69) is 10.9 Å². The second-order valence-corrected chi connectivity index (χ2v) is 6.50. The minimum Gasteiger partial charge on any atom is -0.493 e. The Morgan fingerprint density at radius 3 is 2.29 bits per heavy atom. The zero-order chi connectivity index (χ0) is 20.1. The van der Waals surface area contributed by atoms with Crippen LogP contribution in [0.4, 0.5) is 0 Å². The van der Waals surface area contributed by atoms with E-state index in [0.29, 0.717) is 17.2 Å². The van der Waals surface area contributed by atoms with Crippen LogP contribution < -0.4 is 25.1 Å². The summed E-state index contributed by atoms with van der Waals surface area (Å²) in [7, 11) is 4.44. The molecule has 0 radical (unpaired) electrons. The molecule has 148 valence electrons. The summed E-state index contributed by atoms with van der Waals surface area (Å²) in [5, 5.41) is 0. The van der Waals surface area contributed by atoms with E-state index in [1.54, 1.807) is 0 Å². The molecule has 1 aliphatic carbocycles. The van der Waals surface area contributed by atoms with Gasteiger partial charge in [-0.15, -0.1) is 0 Å². The lowest BCUT2D eigenvalue weighted by Gasteiger charge is -2.24. The van der Waals surface area contributed by atoms with E-state index in [9.17, 15) is 9.59 Å². The second kappa shape index (κ2) is 8.65. The lowest BCUT2D eigenvalue weighted by molar-refractivity contribution is -0.123. The van der Waals surface area contributed by atoms with Crippen molar-refractivity contribution in [1.29, 1.82) is 0 Å². The van der Waals surface area contributed by atoms with Crippen molar-refractivity contribution < 1.29 is 23.8 Å². The highest BCUT2D eigenvalue weighted by Crippen LogP contribution is 2.38. The molecule has 1 unspecified atom stereocenters. The van der Waals surface area contributed by atoms with Crippen molar-refractivity contribution >= 4 is 11.8 Å². The van der Waals surface area contributed by atoms with Crippen molar-refractivity contribution in [3.8, 4) is 17.2 Å². The zero-order valence-corrected chi connectivity index (χ0v) is 16.2. The predicted octanol–water partition coefficient (Wildman–Crippen LogP) is 2.59. The maximum Gasteiger partial charge on any atom is 0.269 e. The Balaban J connectivity index is 1.72. The van der Waals surface area contributed by atoms with Crippen LogP contribution in [-0.2, 0) is 11.2 Å². The summed E-state index contributed by atoms with van der Waals surface area (Å²) in [6.07, 6.45) is 2.66. The third kappa shape index (κ3) is 3.88. The number of rotatable bonds is 5. The Morgan fingerprint density at radius 1 is 0.964 bits per heavy atom. The third-order valence-corrected chi connectivity index (χ3v) is 4.91. The van der Waals surface area contributed by atoms with Gasteiger partial charge in [0, 0.05) is 5.56 Å². The van der Waals surface area contributed by atoms with E-state index < -0.39 is 5.91 Å². The highest BCUT2D eigenvalue weighted by molar-refractivity contribution is 5.97. The zero-order valence-electron chi connectivity index (χ0n) is 16.2. The monoisotopic (exact) mass is 384 g/mol. The Kier molecular flexibility index (Phi) is 6.03. The van der Waals surface area contributed by atoms with Crippen LogP contribution >= 0.6 is 0 Å². The van der Waals surface area contributed by atoms with Crippen molar-refractivity contribution in [2.45, 2.75) is 25.2 Å². The van der Waals surface area contributed by atoms with Crippen LogP contribution in [0.2, 0.25) is 0 Å². The van der Waals surface area contributed by atoms with E-state index in [0.717, 1.165) is 24.8 Å². The number of carbonyl (C=O) groups excluding carboxylic acids is 2. The molecule has 28 heavy (non-hydrogen) atoms. The predicted molar refractivity (Wildman–Crippen MR) is 104 cm³/mol. The maximum absolute atomic E-state index is 12.6. The number of fused-ring (bicyclic) bond motifs is 1. The molecule has 0 spiro atoms. The van der Waals surface area contributed by atoms with Crippen molar-refractivity contribution in [2.75, 3.05) is 21.3 Å². The van der Waals surface area contributed by atoms with Crippen LogP contribution in [-0.4, -0.2) is 33.1 Å². The van der Waals surface area contributed by atoms with E-state index >= 15 is 0 Å². The molecule has 2 N–H and O–H groups in total. The number of amides is 2. The molecule has 0 bridgehead atoms. The fourth-order valence-electron chi connectivity index (χ4n) is 3.52. The molecular weight excluding hydrogens is 360 g/mol. The molecule has 7 nitrogen and oxygen atoms in total. The number of benzene rings is 2. The third-order valence-electron chi connectivity index (χ3n) is 4.91. The van der Waals surface area contributed by atoms with Crippen LogP contribution in [0, 0.1) is 0 Å². The Bertz CT molecular complexity index is 856. The molecule has 1 aliphatic rings. The Morgan fingerprint density at radius 2 is 1.64 bits per heavy atom. The van der Waals surface area contributed by atoms with E-state index in [1.807, 2.05) is 24.3 Å². The van der Waals surface area contributed by atoms with Gasteiger partial charge in [-0.2, -0.15) is 0 Å². The summed E-state index contributed by atoms with van der Waals surface area (Å²) < 4.78 is 15.8. The molecular formula is C21H24N2O5. The number of methoxy groups -OCH3 is 3. The normalized spacial score (nSPS) is 15.2. The van der Waals surface area contributed by atoms with Gasteiger partial charge >= 0.3 is 0 Å². The van der Waals surface area contributed by atoms with Gasteiger partial charge in [0.05, 0.1) is 27.2 Å². The average Bonchev–Trinajstić information content (AvgIpc) is 2.75. The molecule has 1 atom stereocenters. The molecule has 2 aromatic rings. The molecule has 2 aromatic carbocycles. The van der Waals surface area contributed by atoms with Gasteiger partial charge in [-0.05, 0) is 42.5 Å². The molecule has 0 heterocycles. The largest absolute Gasteiger partial charge is 0.493 e. The van der Waals surface area contributed by atoms with Crippen LogP contribution in [0.25, 0.3) is 0 Å². The maximum atomic E-state index is 12.6. The first-order chi connectivity index (χ1) is 13.6. The topological polar surface area (TPSA) is 85.9 Å². The summed E-state index contributed by atoms with van der Waals surface area (Å²) in [5.41, 5.74) is 7.50. The Labute approximate surface area is 164 Å². The Hall–Kier alpha value is -3.22. The van der Waals surface area contributed by atoms with E-state index in [1.165, 1.54) is 39.0 Å². The van der Waals surface area contributed by atoms with Crippen molar-refractivity contribution in [3.05, 3.63) is 53.1 Å². The number of hydrogen-bond donors (Lipinski definition) is 2. The number of aryl methyl sites for hydroxylation is 1. The highest BCUT2D eigenvalue weighted by Gasteiger charge is 2.26. The smallest absolute Gasteiger partial charge is 0.269 e. The number of hydrogen-bond acceptors (Lipinski definition) is 5. The number of hydrazine groups is 1.